The number of amides is 1. The van der Waals surface area contributed by atoms with Crippen LogP contribution in [0, 0.1) is 13.8 Å². The number of aromatic nitrogens is 1. The molecule has 1 atom stereocenters. The molecule has 1 aromatic heterocycles. The number of fused-ring (bicyclic) bond motifs is 1. The van der Waals surface area contributed by atoms with E-state index in [9.17, 15) is 14.7 Å². The summed E-state index contributed by atoms with van der Waals surface area (Å²) in [6.07, 6.45) is 0. The van der Waals surface area contributed by atoms with Gasteiger partial charge in [0.15, 0.2) is 5.13 Å². The quantitative estimate of drug-likeness (QED) is 0.169. The molecule has 0 radical (unpaired) electrons. The maximum atomic E-state index is 13.4. The molecule has 0 aliphatic carbocycles. The fourth-order valence-corrected chi connectivity index (χ4v) is 5.96. The second kappa shape index (κ2) is 8.65. The number of hydrogen-bond acceptors (Lipinski definition) is 5. The number of aryl methyl sites for hydroxylation is 2. The van der Waals surface area contributed by atoms with E-state index in [4.69, 9.17) is 16.6 Å². The zero-order valence-electron chi connectivity index (χ0n) is 18.2. The SMILES string of the molecule is Cc1cc(C)c2nc(N3C(=O)C(=O)C(=C(O)c4ccc(Cl)cc4)[C@H]3c3cccc(Br)c3)sc2c1. The zero-order chi connectivity index (χ0) is 24.1. The molecule has 1 N–H and O–H groups in total. The molecule has 0 saturated carbocycles. The highest BCUT2D eigenvalue weighted by molar-refractivity contribution is 9.10. The third-order valence-electron chi connectivity index (χ3n) is 5.75. The number of Topliss-reactive ketones (excluding diaryl/α,β-unsaturated/α-hetero) is 1. The molecule has 5 rings (SSSR count). The van der Waals surface area contributed by atoms with Gasteiger partial charge < -0.3 is 5.11 Å². The predicted octanol–water partition coefficient (Wildman–Crippen LogP) is 6.96. The van der Waals surface area contributed by atoms with Gasteiger partial charge in [-0.2, -0.15) is 0 Å². The summed E-state index contributed by atoms with van der Waals surface area (Å²) in [4.78, 5) is 32.8. The van der Waals surface area contributed by atoms with Crippen molar-refractivity contribution >= 4 is 71.7 Å². The molecule has 170 valence electrons. The van der Waals surface area contributed by atoms with E-state index in [1.165, 1.54) is 16.2 Å². The van der Waals surface area contributed by atoms with Crippen LogP contribution in [0.1, 0.15) is 28.3 Å². The Balaban J connectivity index is 1.75. The van der Waals surface area contributed by atoms with Gasteiger partial charge in [-0.1, -0.05) is 57.1 Å². The van der Waals surface area contributed by atoms with Crippen molar-refractivity contribution in [3.63, 3.8) is 0 Å². The first-order chi connectivity index (χ1) is 16.2. The van der Waals surface area contributed by atoms with Crippen LogP contribution in [0.2, 0.25) is 5.02 Å². The maximum Gasteiger partial charge on any atom is 0.301 e. The van der Waals surface area contributed by atoms with E-state index in [1.807, 2.05) is 50.2 Å². The molecule has 1 aliphatic rings. The molecular formula is C26H18BrClN2O3S. The van der Waals surface area contributed by atoms with E-state index in [2.05, 4.69) is 15.9 Å². The molecule has 0 spiro atoms. The number of benzene rings is 3. The van der Waals surface area contributed by atoms with Crippen LogP contribution in [0.3, 0.4) is 0 Å². The summed E-state index contributed by atoms with van der Waals surface area (Å²) in [6, 6.07) is 17.0. The van der Waals surface area contributed by atoms with Gasteiger partial charge in [0, 0.05) is 15.1 Å². The van der Waals surface area contributed by atoms with Crippen LogP contribution < -0.4 is 4.90 Å². The van der Waals surface area contributed by atoms with Crippen LogP contribution in [0.5, 0.6) is 0 Å². The van der Waals surface area contributed by atoms with Crippen molar-refractivity contribution in [3.05, 3.63) is 98.0 Å². The molecule has 5 nitrogen and oxygen atoms in total. The number of carbonyl (C=O) groups excluding carboxylic acids is 2. The number of aliphatic hydroxyl groups is 1. The number of thiazole rings is 1. The number of rotatable bonds is 3. The Kier molecular flexibility index (Phi) is 5.80. The highest BCUT2D eigenvalue weighted by atomic mass is 79.9. The van der Waals surface area contributed by atoms with Gasteiger partial charge >= 0.3 is 5.91 Å². The Morgan fingerprint density at radius 2 is 1.82 bits per heavy atom. The lowest BCUT2D eigenvalue weighted by Crippen LogP contribution is -2.29. The van der Waals surface area contributed by atoms with E-state index in [1.54, 1.807) is 24.3 Å². The number of anilines is 1. The van der Waals surface area contributed by atoms with Crippen LogP contribution in [0.25, 0.3) is 16.0 Å². The first kappa shape index (κ1) is 22.8. The number of halogens is 2. The molecule has 1 fully saturated rings. The van der Waals surface area contributed by atoms with Crippen molar-refractivity contribution in [1.29, 1.82) is 0 Å². The average molecular weight is 554 g/mol. The largest absolute Gasteiger partial charge is 0.507 e. The molecule has 8 heteroatoms. The van der Waals surface area contributed by atoms with Crippen molar-refractivity contribution in [2.24, 2.45) is 0 Å². The standard InChI is InChI=1S/C26H18BrClN2O3S/c1-13-10-14(2)21-19(11-13)34-26(29-21)30-22(16-4-3-5-17(27)12-16)20(24(32)25(30)33)23(31)15-6-8-18(28)9-7-15/h3-12,22,31H,1-2H3/t22-/m1/s1. The van der Waals surface area contributed by atoms with Crippen molar-refractivity contribution in [1.82, 2.24) is 4.98 Å². The van der Waals surface area contributed by atoms with Crippen molar-refractivity contribution in [2.75, 3.05) is 4.90 Å². The molecule has 1 aliphatic heterocycles. The van der Waals surface area contributed by atoms with Gasteiger partial charge in [0.1, 0.15) is 5.76 Å². The molecule has 1 amide bonds. The second-order valence-corrected chi connectivity index (χ2v) is 10.5. The highest BCUT2D eigenvalue weighted by Gasteiger charge is 2.48. The van der Waals surface area contributed by atoms with Gasteiger partial charge in [0.2, 0.25) is 0 Å². The molecule has 0 bridgehead atoms. The predicted molar refractivity (Wildman–Crippen MR) is 139 cm³/mol. The van der Waals surface area contributed by atoms with Crippen LogP contribution >= 0.6 is 38.9 Å². The first-order valence-electron chi connectivity index (χ1n) is 10.4. The van der Waals surface area contributed by atoms with E-state index in [0.29, 0.717) is 21.3 Å². The molecule has 1 saturated heterocycles. The summed E-state index contributed by atoms with van der Waals surface area (Å²) in [6.45, 7) is 3.98. The van der Waals surface area contributed by atoms with Crippen molar-refractivity contribution < 1.29 is 14.7 Å². The Bertz CT molecular complexity index is 1510. The average Bonchev–Trinajstić information content (AvgIpc) is 3.33. The molecule has 0 unspecified atom stereocenters. The van der Waals surface area contributed by atoms with Crippen molar-refractivity contribution in [3.8, 4) is 0 Å². The minimum absolute atomic E-state index is 0.0116. The van der Waals surface area contributed by atoms with Gasteiger partial charge in [-0.05, 0) is 73.0 Å². The van der Waals surface area contributed by atoms with Crippen LogP contribution in [0.4, 0.5) is 5.13 Å². The van der Waals surface area contributed by atoms with Gasteiger partial charge in [0.25, 0.3) is 5.78 Å². The Morgan fingerprint density at radius 3 is 2.53 bits per heavy atom. The normalized spacial score (nSPS) is 17.6. The number of aliphatic hydroxyl groups excluding tert-OH is 1. The number of hydrogen-bond donors (Lipinski definition) is 1. The van der Waals surface area contributed by atoms with E-state index < -0.39 is 17.7 Å². The highest BCUT2D eigenvalue weighted by Crippen LogP contribution is 2.45. The zero-order valence-corrected chi connectivity index (χ0v) is 21.3. The number of nitrogens with zero attached hydrogens (tertiary/aromatic N) is 2. The monoisotopic (exact) mass is 552 g/mol. The van der Waals surface area contributed by atoms with Crippen molar-refractivity contribution in [2.45, 2.75) is 19.9 Å². The minimum Gasteiger partial charge on any atom is -0.507 e. The molecule has 34 heavy (non-hydrogen) atoms. The van der Waals surface area contributed by atoms with Crippen LogP contribution in [0.15, 0.2) is 70.7 Å². The Hall–Kier alpha value is -3.00. The van der Waals surface area contributed by atoms with Crippen LogP contribution in [-0.2, 0) is 9.59 Å². The summed E-state index contributed by atoms with van der Waals surface area (Å²) < 4.78 is 1.72. The summed E-state index contributed by atoms with van der Waals surface area (Å²) in [7, 11) is 0. The summed E-state index contributed by atoms with van der Waals surface area (Å²) in [5, 5.41) is 12.1. The number of ketones is 1. The topological polar surface area (TPSA) is 70.5 Å². The fraction of sp³-hybridized carbons (Fsp3) is 0.115. The first-order valence-corrected chi connectivity index (χ1v) is 12.4. The molecule has 4 aromatic rings. The summed E-state index contributed by atoms with van der Waals surface area (Å²) in [5.41, 5.74) is 3.97. The lowest BCUT2D eigenvalue weighted by atomic mass is 9.95. The van der Waals surface area contributed by atoms with E-state index in [-0.39, 0.29) is 11.3 Å². The maximum absolute atomic E-state index is 13.4. The smallest absolute Gasteiger partial charge is 0.301 e. The van der Waals surface area contributed by atoms with Gasteiger partial charge in [-0.3, -0.25) is 14.5 Å². The molecular weight excluding hydrogens is 536 g/mol. The lowest BCUT2D eigenvalue weighted by molar-refractivity contribution is -0.132. The van der Waals surface area contributed by atoms with Gasteiger partial charge in [-0.25, -0.2) is 4.98 Å². The summed E-state index contributed by atoms with van der Waals surface area (Å²) >= 11 is 10.8. The Morgan fingerprint density at radius 1 is 1.09 bits per heavy atom. The molecule has 3 aromatic carbocycles. The van der Waals surface area contributed by atoms with Gasteiger partial charge in [0.05, 0.1) is 21.8 Å². The fourth-order valence-electron chi connectivity index (χ4n) is 4.25. The lowest BCUT2D eigenvalue weighted by Gasteiger charge is -2.23. The van der Waals surface area contributed by atoms with Gasteiger partial charge in [-0.15, -0.1) is 0 Å². The minimum atomic E-state index is -0.838. The van der Waals surface area contributed by atoms with E-state index >= 15 is 0 Å². The number of carbonyl (C=O) groups is 2. The summed E-state index contributed by atoms with van der Waals surface area (Å²) in [5.74, 6) is -1.74. The third-order valence-corrected chi connectivity index (χ3v) is 7.50. The Labute approximate surface area is 213 Å². The van der Waals surface area contributed by atoms with E-state index in [0.717, 1.165) is 25.8 Å². The molecule has 2 heterocycles. The second-order valence-electron chi connectivity index (χ2n) is 8.16. The third kappa shape index (κ3) is 3.83. The van der Waals surface area contributed by atoms with Crippen LogP contribution in [-0.4, -0.2) is 21.8 Å².